The number of alkyl halides is 1. The molecule has 3 nitrogen and oxygen atoms in total. The van der Waals surface area contributed by atoms with Gasteiger partial charge in [-0.05, 0) is 59.9 Å². The van der Waals surface area contributed by atoms with E-state index < -0.39 is 12.2 Å². The molecule has 2 N–H and O–H groups in total. The number of rotatable bonds is 5. The van der Waals surface area contributed by atoms with Crippen LogP contribution in [-0.2, 0) is 11.2 Å². The zero-order chi connectivity index (χ0) is 21.3. The Morgan fingerprint density at radius 3 is 2.63 bits per heavy atom. The van der Waals surface area contributed by atoms with Gasteiger partial charge in [0.1, 0.15) is 11.9 Å². The van der Waals surface area contributed by atoms with Crippen molar-refractivity contribution in [3.63, 3.8) is 0 Å². The fraction of sp³-hybridized carbons (Fsp3) is 0.333. The van der Waals surface area contributed by atoms with E-state index in [1.165, 1.54) is 28.1 Å². The van der Waals surface area contributed by atoms with Crippen LogP contribution in [0.2, 0.25) is 0 Å². The van der Waals surface area contributed by atoms with Crippen molar-refractivity contribution < 1.29 is 19.3 Å². The first-order chi connectivity index (χ1) is 14.4. The van der Waals surface area contributed by atoms with E-state index in [-0.39, 0.29) is 22.5 Å². The van der Waals surface area contributed by atoms with E-state index in [1.54, 1.807) is 11.3 Å². The number of benzene rings is 2. The molecule has 4 rings (SSSR count). The summed E-state index contributed by atoms with van der Waals surface area (Å²) in [5.74, 6) is -0.225. The maximum Gasteiger partial charge on any atom is 0.123 e. The maximum absolute atomic E-state index is 13.2. The predicted molar refractivity (Wildman–Crippen MR) is 127 cm³/mol. The molecule has 1 aliphatic rings. The zero-order valence-electron chi connectivity index (χ0n) is 16.6. The summed E-state index contributed by atoms with van der Waals surface area (Å²) in [6, 6.07) is 17.2. The molecule has 1 aliphatic heterocycles. The van der Waals surface area contributed by atoms with Crippen molar-refractivity contribution in [1.29, 1.82) is 0 Å². The summed E-state index contributed by atoms with van der Waals surface area (Å²) < 4.78 is 19.4. The largest absolute Gasteiger partial charge is 0.394 e. The Morgan fingerprint density at radius 1 is 1.13 bits per heavy atom. The van der Waals surface area contributed by atoms with Crippen molar-refractivity contribution in [2.45, 2.75) is 42.0 Å². The van der Waals surface area contributed by atoms with E-state index in [9.17, 15) is 14.6 Å². The van der Waals surface area contributed by atoms with Gasteiger partial charge in [0.15, 0.2) is 0 Å². The summed E-state index contributed by atoms with van der Waals surface area (Å²) in [5, 5.41) is 19.6. The molecule has 0 aliphatic carbocycles. The molecule has 1 fully saturated rings. The number of thiophene rings is 1. The van der Waals surface area contributed by atoms with Crippen LogP contribution < -0.4 is 0 Å². The second-order valence-corrected chi connectivity index (χ2v) is 10.5. The van der Waals surface area contributed by atoms with Crippen LogP contribution in [0.1, 0.15) is 34.1 Å². The highest BCUT2D eigenvalue weighted by Gasteiger charge is 2.36. The van der Waals surface area contributed by atoms with Crippen LogP contribution in [0.4, 0.5) is 4.39 Å². The van der Waals surface area contributed by atoms with Crippen LogP contribution in [-0.4, -0.2) is 33.0 Å². The topological polar surface area (TPSA) is 49.7 Å². The Labute approximate surface area is 193 Å². The van der Waals surface area contributed by atoms with Crippen molar-refractivity contribution in [3.8, 4) is 10.4 Å². The van der Waals surface area contributed by atoms with Gasteiger partial charge in [-0.2, -0.15) is 0 Å². The lowest BCUT2D eigenvalue weighted by molar-refractivity contribution is -0.129. The fourth-order valence-corrected chi connectivity index (χ4v) is 5.95. The van der Waals surface area contributed by atoms with E-state index in [0.717, 1.165) is 22.4 Å². The number of aliphatic hydroxyl groups excluding tert-OH is 2. The van der Waals surface area contributed by atoms with Crippen LogP contribution in [0.25, 0.3) is 10.4 Å². The number of aryl methyl sites for hydroxylation is 1. The van der Waals surface area contributed by atoms with Crippen LogP contribution >= 0.6 is 33.9 Å². The minimum Gasteiger partial charge on any atom is -0.394 e. The SMILES string of the molecule is Cc1ccc(C2OC(CO)C(O)CC2I)cc1Cc1ccc(-c2ccc(F)cc2)s1. The standard InChI is InChI=1S/C24H24FIO3S/c1-14-2-3-16(24-20(26)12-21(28)22(13-27)29-24)10-17(14)11-19-8-9-23(30-19)15-4-6-18(25)7-5-15/h2-10,20-22,24,27-28H,11-13H2,1H3. The van der Waals surface area contributed by atoms with Gasteiger partial charge in [-0.15, -0.1) is 11.3 Å². The van der Waals surface area contributed by atoms with Crippen LogP contribution in [0.3, 0.4) is 0 Å². The molecule has 0 amide bonds. The van der Waals surface area contributed by atoms with Gasteiger partial charge in [0.05, 0.1) is 18.8 Å². The molecule has 0 radical (unpaired) electrons. The molecule has 4 atom stereocenters. The Bertz CT molecular complexity index is 1000. The number of hydrogen-bond donors (Lipinski definition) is 2. The Morgan fingerprint density at radius 2 is 1.90 bits per heavy atom. The minimum atomic E-state index is -0.630. The quantitative estimate of drug-likeness (QED) is 0.336. The van der Waals surface area contributed by atoms with Gasteiger partial charge in [-0.1, -0.05) is 52.9 Å². The zero-order valence-corrected chi connectivity index (χ0v) is 19.6. The lowest BCUT2D eigenvalue weighted by atomic mass is 9.93. The highest BCUT2D eigenvalue weighted by molar-refractivity contribution is 14.1. The molecule has 0 saturated carbocycles. The second-order valence-electron chi connectivity index (χ2n) is 7.73. The third-order valence-corrected chi connectivity index (χ3v) is 7.88. The number of hydrogen-bond acceptors (Lipinski definition) is 4. The van der Waals surface area contributed by atoms with Crippen LogP contribution in [0.5, 0.6) is 0 Å². The molecule has 1 aromatic heterocycles. The molecule has 2 heterocycles. The molecule has 3 aromatic rings. The lowest BCUT2D eigenvalue weighted by Gasteiger charge is -2.37. The van der Waals surface area contributed by atoms with E-state index in [2.05, 4.69) is 59.8 Å². The first-order valence-corrected chi connectivity index (χ1v) is 12.0. The van der Waals surface area contributed by atoms with Gasteiger partial charge in [0.2, 0.25) is 0 Å². The second kappa shape index (κ2) is 9.44. The van der Waals surface area contributed by atoms with Gasteiger partial charge >= 0.3 is 0 Å². The van der Waals surface area contributed by atoms with Gasteiger partial charge in [-0.3, -0.25) is 0 Å². The molecular weight excluding hydrogens is 514 g/mol. The summed E-state index contributed by atoms with van der Waals surface area (Å²) in [7, 11) is 0. The Balaban J connectivity index is 1.55. The van der Waals surface area contributed by atoms with Crippen molar-refractivity contribution in [2.24, 2.45) is 0 Å². The third-order valence-electron chi connectivity index (χ3n) is 5.58. The van der Waals surface area contributed by atoms with Gasteiger partial charge in [-0.25, -0.2) is 4.39 Å². The summed E-state index contributed by atoms with van der Waals surface area (Å²) in [6.45, 7) is 1.93. The molecule has 1 saturated heterocycles. The average Bonchev–Trinajstić information content (AvgIpc) is 3.19. The van der Waals surface area contributed by atoms with Gasteiger partial charge < -0.3 is 14.9 Å². The molecule has 6 heteroatoms. The predicted octanol–water partition coefficient (Wildman–Crippen LogP) is 5.44. The van der Waals surface area contributed by atoms with Gasteiger partial charge in [0.25, 0.3) is 0 Å². The molecule has 0 spiro atoms. The minimum absolute atomic E-state index is 0.141. The number of ether oxygens (including phenoxy) is 1. The summed E-state index contributed by atoms with van der Waals surface area (Å²) >= 11 is 4.05. The first-order valence-electron chi connectivity index (χ1n) is 9.97. The normalized spacial score (nSPS) is 24.2. The lowest BCUT2D eigenvalue weighted by Crippen LogP contribution is -2.42. The van der Waals surface area contributed by atoms with Crippen molar-refractivity contribution in [2.75, 3.05) is 6.61 Å². The van der Waals surface area contributed by atoms with Crippen LogP contribution in [0.15, 0.2) is 54.6 Å². The molecular formula is C24H24FIO3S. The van der Waals surface area contributed by atoms with Crippen molar-refractivity contribution in [3.05, 3.63) is 82.0 Å². The smallest absolute Gasteiger partial charge is 0.123 e. The number of halogens is 2. The molecule has 0 bridgehead atoms. The average molecular weight is 538 g/mol. The summed E-state index contributed by atoms with van der Waals surface area (Å²) in [5.41, 5.74) is 4.56. The molecule has 158 valence electrons. The van der Waals surface area contributed by atoms with Crippen LogP contribution in [0, 0.1) is 12.7 Å². The summed E-state index contributed by atoms with van der Waals surface area (Å²) in [6.07, 6.45) is 0.0981. The van der Waals surface area contributed by atoms with Crippen molar-refractivity contribution >= 4 is 33.9 Å². The Kier molecular flexibility index (Phi) is 6.89. The third kappa shape index (κ3) is 4.78. The highest BCUT2D eigenvalue weighted by Crippen LogP contribution is 2.38. The highest BCUT2D eigenvalue weighted by atomic mass is 127. The number of aliphatic hydroxyl groups is 2. The maximum atomic E-state index is 13.2. The monoisotopic (exact) mass is 538 g/mol. The fourth-order valence-electron chi connectivity index (χ4n) is 3.81. The van der Waals surface area contributed by atoms with E-state index >= 15 is 0 Å². The van der Waals surface area contributed by atoms with E-state index in [4.69, 9.17) is 4.74 Å². The van der Waals surface area contributed by atoms with E-state index in [0.29, 0.717) is 6.42 Å². The Hall–Kier alpha value is -1.32. The van der Waals surface area contributed by atoms with Gasteiger partial charge in [0, 0.05) is 20.1 Å². The first kappa shape index (κ1) is 21.9. The molecule has 2 aromatic carbocycles. The molecule has 4 unspecified atom stereocenters. The summed E-state index contributed by atoms with van der Waals surface area (Å²) in [4.78, 5) is 2.37. The van der Waals surface area contributed by atoms with E-state index in [1.807, 2.05) is 12.1 Å². The molecule has 30 heavy (non-hydrogen) atoms. The van der Waals surface area contributed by atoms with Crippen molar-refractivity contribution in [1.82, 2.24) is 0 Å².